The lowest BCUT2D eigenvalue weighted by molar-refractivity contribution is -0.139. The van der Waals surface area contributed by atoms with Gasteiger partial charge in [-0.1, -0.05) is 38.1 Å². The first-order valence-corrected chi connectivity index (χ1v) is 13.3. The summed E-state index contributed by atoms with van der Waals surface area (Å²) in [4.78, 5) is 15.1. The van der Waals surface area contributed by atoms with Crippen molar-refractivity contribution in [1.29, 1.82) is 0 Å². The molecule has 7 nitrogen and oxygen atoms in total. The number of sulfonamides is 1. The van der Waals surface area contributed by atoms with Crippen molar-refractivity contribution in [3.8, 4) is 16.9 Å². The number of rotatable bonds is 8. The van der Waals surface area contributed by atoms with Crippen LogP contribution in [-0.4, -0.2) is 42.4 Å². The van der Waals surface area contributed by atoms with E-state index >= 15 is 0 Å². The third kappa shape index (κ3) is 5.35. The molecule has 0 fully saturated rings. The molecule has 0 saturated carbocycles. The minimum Gasteiger partial charge on any atom is -0.479 e. The number of carboxylic acids is 1. The van der Waals surface area contributed by atoms with Crippen LogP contribution in [0.3, 0.4) is 0 Å². The maximum atomic E-state index is 14.5. The number of carboxylic acid groups (broad SMARTS) is 1. The minimum absolute atomic E-state index is 0.171. The molecular formula is C27H28F2N2O5S. The van der Waals surface area contributed by atoms with Gasteiger partial charge in [0.25, 0.3) is 10.0 Å². The zero-order valence-electron chi connectivity index (χ0n) is 20.7. The van der Waals surface area contributed by atoms with Crippen molar-refractivity contribution in [2.24, 2.45) is 0 Å². The third-order valence-electron chi connectivity index (χ3n) is 6.62. The summed E-state index contributed by atoms with van der Waals surface area (Å²) < 4.78 is 62.0. The molecule has 1 aliphatic carbocycles. The van der Waals surface area contributed by atoms with Crippen molar-refractivity contribution in [3.63, 3.8) is 0 Å². The Morgan fingerprint density at radius 1 is 1.19 bits per heavy atom. The number of ether oxygens (including phenoxy) is 1. The predicted molar refractivity (Wildman–Crippen MR) is 134 cm³/mol. The lowest BCUT2D eigenvalue weighted by atomic mass is 9.86. The number of aliphatic carboxylic acids is 1. The second kappa shape index (κ2) is 10.5. The van der Waals surface area contributed by atoms with Crippen molar-refractivity contribution >= 4 is 16.0 Å². The number of pyridine rings is 1. The molecule has 196 valence electrons. The van der Waals surface area contributed by atoms with Crippen LogP contribution in [0.5, 0.6) is 5.75 Å². The number of halogens is 2. The Morgan fingerprint density at radius 2 is 1.95 bits per heavy atom. The van der Waals surface area contributed by atoms with E-state index < -0.39 is 46.0 Å². The third-order valence-corrected chi connectivity index (χ3v) is 8.41. The Kier molecular flexibility index (Phi) is 7.61. The highest BCUT2D eigenvalue weighted by Gasteiger charge is 2.36. The molecule has 4 rings (SSSR count). The van der Waals surface area contributed by atoms with E-state index in [1.165, 1.54) is 19.3 Å². The average molecular weight is 531 g/mol. The number of fused-ring (bicyclic) bond motifs is 1. The summed E-state index contributed by atoms with van der Waals surface area (Å²) in [5.74, 6) is -4.00. The molecule has 1 atom stereocenters. The highest BCUT2D eigenvalue weighted by Crippen LogP contribution is 2.42. The standard InChI is InChI=1S/C27H28F2N2O5S/c1-16(2)17-6-4-7-18(12-17)19-10-11-24(30-14-19)37(34,35)31(3)23-9-5-8-20-21(23)13-22(28)26(29)27(20)36-15-25(32)33/h4,6-7,10-14,16,23H,5,8-9,15H2,1-3H3,(H,32,33). The Balaban J connectivity index is 1.65. The van der Waals surface area contributed by atoms with E-state index in [4.69, 9.17) is 9.84 Å². The van der Waals surface area contributed by atoms with E-state index in [-0.39, 0.29) is 16.2 Å². The summed E-state index contributed by atoms with van der Waals surface area (Å²) >= 11 is 0. The topological polar surface area (TPSA) is 96.8 Å². The second-order valence-electron chi connectivity index (χ2n) is 9.35. The van der Waals surface area contributed by atoms with E-state index in [0.717, 1.165) is 27.1 Å². The Labute approximate surface area is 214 Å². The van der Waals surface area contributed by atoms with Crippen molar-refractivity contribution in [2.75, 3.05) is 13.7 Å². The first-order chi connectivity index (χ1) is 17.5. The summed E-state index contributed by atoms with van der Waals surface area (Å²) in [7, 11) is -2.72. The molecule has 0 bridgehead atoms. The molecule has 0 amide bonds. The highest BCUT2D eigenvalue weighted by molar-refractivity contribution is 7.89. The minimum atomic E-state index is -4.09. The van der Waals surface area contributed by atoms with Crippen molar-refractivity contribution in [1.82, 2.24) is 9.29 Å². The molecule has 0 radical (unpaired) electrons. The largest absolute Gasteiger partial charge is 0.479 e. The van der Waals surface area contributed by atoms with Crippen LogP contribution in [0.1, 0.15) is 55.3 Å². The number of nitrogens with zero attached hydrogens (tertiary/aromatic N) is 2. The molecule has 0 spiro atoms. The first kappa shape index (κ1) is 26.7. The monoisotopic (exact) mass is 530 g/mol. The number of benzene rings is 2. The predicted octanol–water partition coefficient (Wildman–Crippen LogP) is 5.31. The summed E-state index contributed by atoms with van der Waals surface area (Å²) in [6.07, 6.45) is 2.65. The van der Waals surface area contributed by atoms with Gasteiger partial charge in [-0.15, -0.1) is 0 Å². The number of aromatic nitrogens is 1. The summed E-state index contributed by atoms with van der Waals surface area (Å²) in [5, 5.41) is 8.74. The maximum Gasteiger partial charge on any atom is 0.341 e. The Hall–Kier alpha value is -3.37. The van der Waals surface area contributed by atoms with Gasteiger partial charge in [-0.25, -0.2) is 22.6 Å². The smallest absolute Gasteiger partial charge is 0.341 e. The number of carbonyl (C=O) groups is 1. The van der Waals surface area contributed by atoms with E-state index in [2.05, 4.69) is 18.8 Å². The molecule has 10 heteroatoms. The molecule has 1 unspecified atom stereocenters. The lowest BCUT2D eigenvalue weighted by Gasteiger charge is -2.33. The van der Waals surface area contributed by atoms with E-state index in [0.29, 0.717) is 25.2 Å². The van der Waals surface area contributed by atoms with Gasteiger partial charge in [0.1, 0.15) is 0 Å². The number of hydrogen-bond acceptors (Lipinski definition) is 5. The Bertz CT molecular complexity index is 1430. The van der Waals surface area contributed by atoms with Crippen LogP contribution in [0.4, 0.5) is 8.78 Å². The zero-order valence-corrected chi connectivity index (χ0v) is 21.6. The molecule has 1 aromatic heterocycles. The van der Waals surface area contributed by atoms with Crippen LogP contribution in [-0.2, 0) is 21.2 Å². The normalized spacial score (nSPS) is 15.6. The van der Waals surface area contributed by atoms with E-state index in [1.54, 1.807) is 6.07 Å². The summed E-state index contributed by atoms with van der Waals surface area (Å²) in [6, 6.07) is 11.2. The van der Waals surface area contributed by atoms with Gasteiger partial charge >= 0.3 is 5.97 Å². The van der Waals surface area contributed by atoms with Crippen molar-refractivity contribution < 1.29 is 31.8 Å². The SMILES string of the molecule is CC(C)c1cccc(-c2ccc(S(=O)(=O)N(C)C3CCCc4c3cc(F)c(F)c4OCC(=O)O)nc2)c1. The molecule has 1 aliphatic rings. The molecule has 1 heterocycles. The van der Waals surface area contributed by atoms with Gasteiger partial charge in [0.15, 0.2) is 23.2 Å². The van der Waals surface area contributed by atoms with Crippen LogP contribution < -0.4 is 4.74 Å². The van der Waals surface area contributed by atoms with Gasteiger partial charge in [-0.2, -0.15) is 8.70 Å². The molecular weight excluding hydrogens is 502 g/mol. The molecule has 0 saturated heterocycles. The van der Waals surface area contributed by atoms with Gasteiger partial charge in [0.2, 0.25) is 5.82 Å². The highest BCUT2D eigenvalue weighted by atomic mass is 32.2. The molecule has 0 aliphatic heterocycles. The van der Waals surface area contributed by atoms with Crippen LogP contribution in [0.2, 0.25) is 0 Å². The fourth-order valence-electron chi connectivity index (χ4n) is 4.60. The van der Waals surface area contributed by atoms with Crippen LogP contribution >= 0.6 is 0 Å². The van der Waals surface area contributed by atoms with Crippen LogP contribution in [0.25, 0.3) is 11.1 Å². The second-order valence-corrected chi connectivity index (χ2v) is 11.3. The van der Waals surface area contributed by atoms with Gasteiger partial charge in [0, 0.05) is 24.4 Å². The number of hydrogen-bond donors (Lipinski definition) is 1. The van der Waals surface area contributed by atoms with Gasteiger partial charge in [0.05, 0.1) is 6.04 Å². The van der Waals surface area contributed by atoms with Crippen molar-refractivity contribution in [3.05, 3.63) is 77.0 Å². The van der Waals surface area contributed by atoms with Gasteiger partial charge < -0.3 is 9.84 Å². The molecule has 1 N–H and O–H groups in total. The van der Waals surface area contributed by atoms with Gasteiger partial charge in [-0.05, 0) is 60.1 Å². The fraction of sp³-hybridized carbons (Fsp3) is 0.333. The lowest BCUT2D eigenvalue weighted by Crippen LogP contribution is -2.34. The quantitative estimate of drug-likeness (QED) is 0.424. The maximum absolute atomic E-state index is 14.5. The Morgan fingerprint density at radius 3 is 2.59 bits per heavy atom. The molecule has 2 aromatic carbocycles. The van der Waals surface area contributed by atoms with Crippen LogP contribution in [0, 0.1) is 11.6 Å². The average Bonchev–Trinajstić information content (AvgIpc) is 2.88. The zero-order chi connectivity index (χ0) is 26.9. The van der Waals surface area contributed by atoms with Crippen LogP contribution in [0.15, 0.2) is 53.7 Å². The first-order valence-electron chi connectivity index (χ1n) is 11.9. The molecule has 37 heavy (non-hydrogen) atoms. The van der Waals surface area contributed by atoms with Gasteiger partial charge in [-0.3, -0.25) is 0 Å². The fourth-order valence-corrected chi connectivity index (χ4v) is 5.87. The summed E-state index contributed by atoms with van der Waals surface area (Å²) in [6.45, 7) is 3.34. The summed E-state index contributed by atoms with van der Waals surface area (Å²) in [5.41, 5.74) is 3.36. The van der Waals surface area contributed by atoms with E-state index in [9.17, 15) is 22.0 Å². The van der Waals surface area contributed by atoms with E-state index in [1.807, 2.05) is 24.3 Å². The molecule has 3 aromatic rings. The van der Waals surface area contributed by atoms with Crippen molar-refractivity contribution in [2.45, 2.75) is 50.1 Å².